The molecule has 0 aliphatic carbocycles. The number of nitrogen functional groups attached to an aromatic ring is 1. The summed E-state index contributed by atoms with van der Waals surface area (Å²) in [5.74, 6) is -2.51. The number of aliphatic carboxylic acids is 1. The first-order chi connectivity index (χ1) is 12.2. The van der Waals surface area contributed by atoms with E-state index in [0.29, 0.717) is 0 Å². The standard InChI is InChI=1S/C11H13N3O6.C2HF3O2/c1-11(19)8(17)7(5(16)4-15)20-9(11)14-3-2-6(12)13-10(14)18;3-2(4,5)1(6)7/h2-3,7-9,16-17,19H,1H3,(H2,12,13,18);(H,6,7)/t7?,8-,9-,11-;/m1./s1. The van der Waals surface area contributed by atoms with Crippen LogP contribution < -0.4 is 11.4 Å². The zero-order chi connectivity index (χ0) is 21.2. The summed E-state index contributed by atoms with van der Waals surface area (Å²) in [5, 5.41) is 36.6. The van der Waals surface area contributed by atoms with Crippen LogP contribution in [0.1, 0.15) is 13.2 Å². The first kappa shape index (κ1) is 22.1. The van der Waals surface area contributed by atoms with Gasteiger partial charge in [-0.25, -0.2) is 14.4 Å². The molecule has 0 aromatic carbocycles. The number of nitrogens with zero attached hydrogens (tertiary/aromatic N) is 2. The van der Waals surface area contributed by atoms with Gasteiger partial charge in [0.1, 0.15) is 17.5 Å². The molecule has 0 radical (unpaired) electrons. The summed E-state index contributed by atoms with van der Waals surface area (Å²) in [4.78, 5) is 34.5. The number of carbonyl (C=O) groups excluding carboxylic acids is 1. The number of halogens is 3. The molecular formula is C13H14F3N3O8. The molecular weight excluding hydrogens is 383 g/mol. The summed E-state index contributed by atoms with van der Waals surface area (Å²) in [6.07, 6.45) is -8.32. The lowest BCUT2D eigenvalue weighted by Gasteiger charge is -2.27. The summed E-state index contributed by atoms with van der Waals surface area (Å²) < 4.78 is 37.8. The first-order valence-corrected chi connectivity index (χ1v) is 6.88. The third-order valence-corrected chi connectivity index (χ3v) is 3.38. The Hall–Kier alpha value is -2.93. The van der Waals surface area contributed by atoms with Crippen LogP contribution in [-0.4, -0.2) is 65.9 Å². The van der Waals surface area contributed by atoms with Gasteiger partial charge in [0.05, 0.1) is 0 Å². The van der Waals surface area contributed by atoms with E-state index in [1.165, 1.54) is 25.1 Å². The van der Waals surface area contributed by atoms with Gasteiger partial charge in [-0.05, 0) is 13.0 Å². The van der Waals surface area contributed by atoms with Crippen LogP contribution in [0.3, 0.4) is 0 Å². The van der Waals surface area contributed by atoms with Crippen molar-refractivity contribution in [1.29, 1.82) is 0 Å². The van der Waals surface area contributed by atoms with Crippen molar-refractivity contribution in [3.05, 3.63) is 28.5 Å². The molecule has 1 unspecified atom stereocenters. The second-order valence-corrected chi connectivity index (χ2v) is 5.41. The minimum Gasteiger partial charge on any atom is -0.500 e. The van der Waals surface area contributed by atoms with Crippen LogP contribution in [0.2, 0.25) is 0 Å². The molecule has 1 aliphatic rings. The fraction of sp³-hybridized carbons (Fsp3) is 0.462. The van der Waals surface area contributed by atoms with Crippen LogP contribution in [0.4, 0.5) is 19.0 Å². The van der Waals surface area contributed by atoms with E-state index in [-0.39, 0.29) is 5.82 Å². The first-order valence-electron chi connectivity index (χ1n) is 6.88. The molecule has 14 heteroatoms. The molecule has 2 heterocycles. The highest BCUT2D eigenvalue weighted by atomic mass is 19.4. The normalized spacial score (nSPS) is 27.3. The topological polar surface area (TPSA) is 185 Å². The molecule has 1 aromatic heterocycles. The summed E-state index contributed by atoms with van der Waals surface area (Å²) in [6, 6.07) is 1.30. The fourth-order valence-corrected chi connectivity index (χ4v) is 2.03. The van der Waals surface area contributed by atoms with Crippen molar-refractivity contribution in [1.82, 2.24) is 9.55 Å². The van der Waals surface area contributed by atoms with Crippen LogP contribution in [0.25, 0.3) is 0 Å². The molecule has 4 atom stereocenters. The zero-order valence-electron chi connectivity index (χ0n) is 13.4. The van der Waals surface area contributed by atoms with E-state index in [0.717, 1.165) is 4.57 Å². The molecule has 1 aromatic rings. The number of ether oxygens (including phenoxy) is 1. The lowest BCUT2D eigenvalue weighted by atomic mass is 9.96. The van der Waals surface area contributed by atoms with Gasteiger partial charge in [-0.3, -0.25) is 4.57 Å². The number of aliphatic hydroxyl groups excluding tert-OH is 2. The zero-order valence-corrected chi connectivity index (χ0v) is 13.4. The summed E-state index contributed by atoms with van der Waals surface area (Å²) in [6.45, 7) is 1.20. The third-order valence-electron chi connectivity index (χ3n) is 3.38. The van der Waals surface area contributed by atoms with Gasteiger partial charge in [-0.1, -0.05) is 0 Å². The number of rotatable bonds is 2. The van der Waals surface area contributed by atoms with Gasteiger partial charge in [0.25, 0.3) is 0 Å². The monoisotopic (exact) mass is 397 g/mol. The van der Waals surface area contributed by atoms with Gasteiger partial charge in [-0.2, -0.15) is 18.2 Å². The molecule has 150 valence electrons. The minimum atomic E-state index is -5.08. The Morgan fingerprint density at radius 2 is 1.96 bits per heavy atom. The minimum absolute atomic E-state index is 0.0170. The average molecular weight is 397 g/mol. The Morgan fingerprint density at radius 1 is 1.44 bits per heavy atom. The van der Waals surface area contributed by atoms with Gasteiger partial charge < -0.3 is 30.9 Å². The highest BCUT2D eigenvalue weighted by molar-refractivity contribution is 5.73. The predicted octanol–water partition coefficient (Wildman–Crippen LogP) is -1.26. The molecule has 0 bridgehead atoms. The number of carbonyl (C=O) groups is 1. The van der Waals surface area contributed by atoms with E-state index < -0.39 is 47.6 Å². The van der Waals surface area contributed by atoms with Gasteiger partial charge in [-0.15, -0.1) is 0 Å². The molecule has 0 spiro atoms. The van der Waals surface area contributed by atoms with E-state index in [4.69, 9.17) is 20.4 Å². The van der Waals surface area contributed by atoms with E-state index in [2.05, 4.69) is 4.98 Å². The molecule has 1 saturated heterocycles. The molecule has 1 fully saturated rings. The van der Waals surface area contributed by atoms with Crippen molar-refractivity contribution in [3.63, 3.8) is 0 Å². The molecule has 11 nitrogen and oxygen atoms in total. The van der Waals surface area contributed by atoms with Gasteiger partial charge >= 0.3 is 17.8 Å². The number of hydrogen-bond acceptors (Lipinski definition) is 9. The van der Waals surface area contributed by atoms with Crippen LogP contribution in [0, 0.1) is 0 Å². The smallest absolute Gasteiger partial charge is 0.490 e. The Morgan fingerprint density at radius 3 is 2.37 bits per heavy atom. The van der Waals surface area contributed by atoms with Crippen LogP contribution in [0.5, 0.6) is 0 Å². The second kappa shape index (κ2) is 7.75. The SMILES string of the molecule is C[C@@]1(O)[C@H](O)C(C(O)=C=O)O[C@H]1n1ccc(N)nc1=O.O=C(O)C(F)(F)F. The second-order valence-electron chi connectivity index (χ2n) is 5.41. The van der Waals surface area contributed by atoms with E-state index in [1.807, 2.05) is 0 Å². The number of hydrogen-bond donors (Lipinski definition) is 5. The Labute approximate surface area is 147 Å². The van der Waals surface area contributed by atoms with Crippen LogP contribution in [-0.2, 0) is 14.3 Å². The Bertz CT molecular complexity index is 816. The molecule has 6 N–H and O–H groups in total. The Balaban J connectivity index is 0.000000445. The van der Waals surface area contributed by atoms with Crippen LogP contribution >= 0.6 is 0 Å². The summed E-state index contributed by atoms with van der Waals surface area (Å²) in [7, 11) is 0. The van der Waals surface area contributed by atoms with E-state index in [1.54, 1.807) is 0 Å². The van der Waals surface area contributed by atoms with Crippen LogP contribution in [0.15, 0.2) is 22.8 Å². The quantitative estimate of drug-likeness (QED) is 0.298. The molecule has 1 aliphatic heterocycles. The van der Waals surface area contributed by atoms with Crippen molar-refractivity contribution >= 4 is 17.7 Å². The maximum Gasteiger partial charge on any atom is 0.490 e. The number of aliphatic hydroxyl groups is 3. The number of carboxylic acid groups (broad SMARTS) is 1. The molecule has 2 rings (SSSR count). The lowest BCUT2D eigenvalue weighted by molar-refractivity contribution is -0.192. The average Bonchev–Trinajstić information content (AvgIpc) is 2.77. The number of nitrogens with two attached hydrogens (primary N) is 1. The third kappa shape index (κ3) is 4.83. The number of carboxylic acids is 1. The van der Waals surface area contributed by atoms with Gasteiger partial charge in [0.2, 0.25) is 5.76 Å². The fourth-order valence-electron chi connectivity index (χ4n) is 2.03. The highest BCUT2D eigenvalue weighted by Gasteiger charge is 2.55. The Kier molecular flexibility index (Phi) is 6.35. The van der Waals surface area contributed by atoms with Crippen molar-refractivity contribution in [2.24, 2.45) is 0 Å². The molecule has 27 heavy (non-hydrogen) atoms. The number of aromatic nitrogens is 2. The maximum absolute atomic E-state index is 11.7. The lowest BCUT2D eigenvalue weighted by Crippen LogP contribution is -2.46. The predicted molar refractivity (Wildman–Crippen MR) is 79.0 cm³/mol. The van der Waals surface area contributed by atoms with E-state index in [9.17, 15) is 38.1 Å². The maximum atomic E-state index is 11.7. The summed E-state index contributed by atoms with van der Waals surface area (Å²) in [5.41, 5.74) is 2.60. The van der Waals surface area contributed by atoms with Crippen molar-refractivity contribution in [2.75, 3.05) is 5.73 Å². The largest absolute Gasteiger partial charge is 0.500 e. The van der Waals surface area contributed by atoms with E-state index >= 15 is 0 Å². The van der Waals surface area contributed by atoms with Crippen molar-refractivity contribution < 1.29 is 47.9 Å². The van der Waals surface area contributed by atoms with Gasteiger partial charge in [0, 0.05) is 6.20 Å². The van der Waals surface area contributed by atoms with Gasteiger partial charge in [0.15, 0.2) is 18.3 Å². The van der Waals surface area contributed by atoms with Crippen molar-refractivity contribution in [3.8, 4) is 0 Å². The van der Waals surface area contributed by atoms with Crippen molar-refractivity contribution in [2.45, 2.75) is 37.1 Å². The molecule has 0 amide bonds. The highest BCUT2D eigenvalue weighted by Crippen LogP contribution is 2.39. The number of anilines is 1. The number of alkyl halides is 3. The summed E-state index contributed by atoms with van der Waals surface area (Å²) >= 11 is 0. The molecule has 0 saturated carbocycles.